The first-order chi connectivity index (χ1) is 8.49. The Labute approximate surface area is 109 Å². The van der Waals surface area contributed by atoms with E-state index in [1.54, 1.807) is 39.2 Å². The highest BCUT2D eigenvalue weighted by atomic mass is 32.2. The van der Waals surface area contributed by atoms with Crippen LogP contribution in [-0.4, -0.2) is 28.2 Å². The average Bonchev–Trinajstić information content (AvgIpc) is 2.38. The summed E-state index contributed by atoms with van der Waals surface area (Å²) in [4.78, 5) is 11.8. The van der Waals surface area contributed by atoms with Gasteiger partial charge in [0.25, 0.3) is 0 Å². The van der Waals surface area contributed by atoms with E-state index >= 15 is 0 Å². The van der Waals surface area contributed by atoms with Crippen molar-refractivity contribution in [3.8, 4) is 5.75 Å². The highest BCUT2D eigenvalue weighted by Crippen LogP contribution is 2.24. The lowest BCUT2D eigenvalue weighted by Crippen LogP contribution is -2.30. The summed E-state index contributed by atoms with van der Waals surface area (Å²) in [7, 11) is 0.376. The van der Waals surface area contributed by atoms with Crippen LogP contribution in [0.25, 0.3) is 0 Å². The molecule has 0 bridgehead atoms. The summed E-state index contributed by atoms with van der Waals surface area (Å²) in [5.74, 6) is 0.773. The summed E-state index contributed by atoms with van der Waals surface area (Å²) in [6.07, 6.45) is 0. The van der Waals surface area contributed by atoms with E-state index in [0.717, 1.165) is 0 Å². The molecule has 5 nitrogen and oxygen atoms in total. The van der Waals surface area contributed by atoms with Crippen LogP contribution in [-0.2, 0) is 15.6 Å². The largest absolute Gasteiger partial charge is 0.497 e. The molecular formula is C12H18N2O3S. The summed E-state index contributed by atoms with van der Waals surface area (Å²) in [6.45, 7) is 3.41. The fourth-order valence-corrected chi connectivity index (χ4v) is 2.18. The lowest BCUT2D eigenvalue weighted by atomic mass is 10.2. The van der Waals surface area contributed by atoms with Gasteiger partial charge in [0.1, 0.15) is 11.0 Å². The second-order valence-electron chi connectivity index (χ2n) is 3.75. The smallest absolute Gasteiger partial charge is 0.239 e. The maximum absolute atomic E-state index is 11.8. The fraction of sp³-hybridized carbons (Fsp3) is 0.417. The van der Waals surface area contributed by atoms with E-state index in [1.807, 2.05) is 0 Å². The second kappa shape index (κ2) is 6.39. The summed E-state index contributed by atoms with van der Waals surface area (Å²) < 4.78 is 16.5. The minimum Gasteiger partial charge on any atom is -0.497 e. The van der Waals surface area contributed by atoms with Gasteiger partial charge in [0.15, 0.2) is 0 Å². The molecule has 3 N–H and O–H groups in total. The van der Waals surface area contributed by atoms with Crippen molar-refractivity contribution >= 4 is 28.1 Å². The van der Waals surface area contributed by atoms with E-state index in [0.29, 0.717) is 22.9 Å². The molecule has 0 fully saturated rings. The summed E-state index contributed by atoms with van der Waals surface area (Å²) in [5, 5.41) is 2.11. The van der Waals surface area contributed by atoms with Crippen LogP contribution >= 0.6 is 0 Å². The highest BCUT2D eigenvalue weighted by molar-refractivity contribution is 7.86. The van der Waals surface area contributed by atoms with Gasteiger partial charge in [-0.25, -0.2) is 0 Å². The van der Waals surface area contributed by atoms with Crippen LogP contribution in [0.3, 0.4) is 0 Å². The minimum atomic E-state index is -1.17. The first-order valence-electron chi connectivity index (χ1n) is 5.61. The number of hydrogen-bond acceptors (Lipinski definition) is 4. The molecule has 1 amide bonds. The number of nitrogens with one attached hydrogen (secondary N) is 1. The number of amides is 1. The Kier molecular flexibility index (Phi) is 5.15. The van der Waals surface area contributed by atoms with Crippen LogP contribution in [0, 0.1) is 0 Å². The Morgan fingerprint density at radius 1 is 1.56 bits per heavy atom. The fourth-order valence-electron chi connectivity index (χ4n) is 1.39. The van der Waals surface area contributed by atoms with Gasteiger partial charge in [0, 0.05) is 22.6 Å². The molecule has 100 valence electrons. The molecule has 0 aliphatic carbocycles. The zero-order chi connectivity index (χ0) is 13.7. The van der Waals surface area contributed by atoms with Crippen LogP contribution in [0.15, 0.2) is 18.2 Å². The van der Waals surface area contributed by atoms with Gasteiger partial charge in [-0.1, -0.05) is 6.92 Å². The van der Waals surface area contributed by atoms with Crippen LogP contribution in [0.2, 0.25) is 0 Å². The van der Waals surface area contributed by atoms with Gasteiger partial charge >= 0.3 is 0 Å². The maximum Gasteiger partial charge on any atom is 0.239 e. The van der Waals surface area contributed by atoms with Gasteiger partial charge in [-0.15, -0.1) is 0 Å². The number of rotatable bonds is 5. The molecule has 6 heteroatoms. The SMILES string of the molecule is CCS(=O)C(C)C(=O)Nc1ccc(OC)cc1N. The van der Waals surface area contributed by atoms with Crippen molar-refractivity contribution in [1.29, 1.82) is 0 Å². The van der Waals surface area contributed by atoms with Crippen molar-refractivity contribution in [3.05, 3.63) is 18.2 Å². The molecule has 2 unspecified atom stereocenters. The highest BCUT2D eigenvalue weighted by Gasteiger charge is 2.19. The quantitative estimate of drug-likeness (QED) is 0.792. The van der Waals surface area contributed by atoms with E-state index < -0.39 is 16.0 Å². The van der Waals surface area contributed by atoms with Gasteiger partial charge in [-0.2, -0.15) is 0 Å². The van der Waals surface area contributed by atoms with Crippen LogP contribution in [0.1, 0.15) is 13.8 Å². The number of nitrogen functional groups attached to an aromatic ring is 1. The van der Waals surface area contributed by atoms with Gasteiger partial charge in [0.05, 0.1) is 18.5 Å². The van der Waals surface area contributed by atoms with Gasteiger partial charge in [0.2, 0.25) is 5.91 Å². The molecule has 0 aliphatic heterocycles. The Bertz CT molecular complexity index is 463. The Hall–Kier alpha value is -1.56. The predicted molar refractivity (Wildman–Crippen MR) is 74.2 cm³/mol. The monoisotopic (exact) mass is 270 g/mol. The molecular weight excluding hydrogens is 252 g/mol. The van der Waals surface area contributed by atoms with Crippen molar-refractivity contribution < 1.29 is 13.7 Å². The predicted octanol–water partition coefficient (Wildman–Crippen LogP) is 1.37. The number of nitrogens with two attached hydrogens (primary N) is 1. The van der Waals surface area contributed by atoms with Gasteiger partial charge < -0.3 is 15.8 Å². The number of anilines is 2. The van der Waals surface area contributed by atoms with E-state index in [4.69, 9.17) is 10.5 Å². The molecule has 0 saturated carbocycles. The summed E-state index contributed by atoms with van der Waals surface area (Å²) in [5.41, 5.74) is 6.70. The lowest BCUT2D eigenvalue weighted by molar-refractivity contribution is -0.115. The molecule has 0 aromatic heterocycles. The number of carbonyl (C=O) groups is 1. The topological polar surface area (TPSA) is 81.4 Å². The lowest BCUT2D eigenvalue weighted by Gasteiger charge is -2.13. The molecule has 1 rings (SSSR count). The van der Waals surface area contributed by atoms with Crippen LogP contribution in [0.5, 0.6) is 5.75 Å². The maximum atomic E-state index is 11.8. The number of methoxy groups -OCH3 is 1. The molecule has 0 radical (unpaired) electrons. The Morgan fingerprint density at radius 3 is 2.72 bits per heavy atom. The molecule has 1 aromatic carbocycles. The van der Waals surface area contributed by atoms with Crippen molar-refractivity contribution in [2.24, 2.45) is 0 Å². The van der Waals surface area contributed by atoms with Gasteiger partial charge in [-0.05, 0) is 19.1 Å². The van der Waals surface area contributed by atoms with Crippen LogP contribution in [0.4, 0.5) is 11.4 Å². The van der Waals surface area contributed by atoms with E-state index in [9.17, 15) is 9.00 Å². The minimum absolute atomic E-state index is 0.299. The van der Waals surface area contributed by atoms with Crippen LogP contribution < -0.4 is 15.8 Å². The first kappa shape index (κ1) is 14.5. The average molecular weight is 270 g/mol. The van der Waals surface area contributed by atoms with E-state index in [-0.39, 0.29) is 5.91 Å². The van der Waals surface area contributed by atoms with E-state index in [2.05, 4.69) is 5.32 Å². The number of benzene rings is 1. The summed E-state index contributed by atoms with van der Waals surface area (Å²) >= 11 is 0. The molecule has 0 saturated heterocycles. The van der Waals surface area contributed by atoms with E-state index in [1.165, 1.54) is 0 Å². The standard InChI is InChI=1S/C12H18N2O3S/c1-4-18(16)8(2)12(15)14-11-6-5-9(17-3)7-10(11)13/h5-8H,4,13H2,1-3H3,(H,14,15). The molecule has 2 atom stereocenters. The summed E-state index contributed by atoms with van der Waals surface area (Å²) in [6, 6.07) is 4.98. The number of hydrogen-bond donors (Lipinski definition) is 2. The third kappa shape index (κ3) is 3.46. The normalized spacial score (nSPS) is 13.7. The molecule has 18 heavy (non-hydrogen) atoms. The van der Waals surface area contributed by atoms with Crippen molar-refractivity contribution in [2.45, 2.75) is 19.1 Å². The molecule has 0 aliphatic rings. The Balaban J connectivity index is 2.79. The third-order valence-corrected chi connectivity index (χ3v) is 4.14. The van der Waals surface area contributed by atoms with Crippen molar-refractivity contribution in [3.63, 3.8) is 0 Å². The van der Waals surface area contributed by atoms with Crippen molar-refractivity contribution in [2.75, 3.05) is 23.9 Å². The molecule has 1 aromatic rings. The second-order valence-corrected chi connectivity index (χ2v) is 5.80. The number of ether oxygens (including phenoxy) is 1. The molecule has 0 heterocycles. The number of carbonyl (C=O) groups excluding carboxylic acids is 1. The first-order valence-corrected chi connectivity index (χ1v) is 6.99. The Morgan fingerprint density at radius 2 is 2.22 bits per heavy atom. The van der Waals surface area contributed by atoms with Crippen molar-refractivity contribution in [1.82, 2.24) is 0 Å². The zero-order valence-corrected chi connectivity index (χ0v) is 11.5. The van der Waals surface area contributed by atoms with Gasteiger partial charge in [-0.3, -0.25) is 9.00 Å². The zero-order valence-electron chi connectivity index (χ0n) is 10.7. The third-order valence-electron chi connectivity index (χ3n) is 2.56. The molecule has 0 spiro atoms.